The molecule has 1 unspecified atom stereocenters. The Morgan fingerprint density at radius 1 is 1.14 bits per heavy atom. The number of hydrogen-bond donors (Lipinski definition) is 0. The quantitative estimate of drug-likeness (QED) is 0.264. The van der Waals surface area contributed by atoms with Gasteiger partial charge in [0.05, 0.1) is 11.6 Å². The minimum absolute atomic E-state index is 0.166. The number of fused-ring (bicyclic) bond motifs is 1. The molecule has 10 heteroatoms. The fraction of sp³-hybridized carbons (Fsp3) is 0.640. The smallest absolute Gasteiger partial charge is 0.191 e. The van der Waals surface area contributed by atoms with Gasteiger partial charge < -0.3 is 9.33 Å². The first kappa shape index (κ1) is 26.7. The summed E-state index contributed by atoms with van der Waals surface area (Å²) >= 11 is 8.02. The second kappa shape index (κ2) is 10.6. The average molecular weight is 535 g/mol. The molecule has 1 aliphatic rings. The highest BCUT2D eigenvalue weighted by Crippen LogP contribution is 2.37. The number of likely N-dealkylation sites (N-methyl/N-ethyl adjacent to an activating group) is 1. The van der Waals surface area contributed by atoms with Gasteiger partial charge in [-0.2, -0.15) is 5.10 Å². The van der Waals surface area contributed by atoms with E-state index in [1.165, 1.54) is 4.88 Å². The van der Waals surface area contributed by atoms with Crippen molar-refractivity contribution in [3.05, 3.63) is 28.5 Å². The standard InChI is InChI=1S/C25H39ClN6OSSi/c1-18(8-13-33-35(6,7)25(2,3)4)32-21-14-22(26)27-16-20(21)23(29-32)24-28-15-19(34-24)17-31-11-9-30(5)10-12-31/h14-16,18H,8-13,17H2,1-7H3. The van der Waals surface area contributed by atoms with Crippen LogP contribution in [0.15, 0.2) is 18.5 Å². The van der Waals surface area contributed by atoms with Gasteiger partial charge in [0, 0.05) is 68.1 Å². The van der Waals surface area contributed by atoms with Crippen molar-refractivity contribution >= 4 is 42.2 Å². The summed E-state index contributed by atoms with van der Waals surface area (Å²) in [6.07, 6.45) is 4.72. The first-order valence-electron chi connectivity index (χ1n) is 12.5. The van der Waals surface area contributed by atoms with E-state index in [1.54, 1.807) is 11.3 Å². The number of nitrogens with zero attached hydrogens (tertiary/aromatic N) is 6. The summed E-state index contributed by atoms with van der Waals surface area (Å²) in [5, 5.41) is 7.64. The largest absolute Gasteiger partial charge is 0.417 e. The lowest BCUT2D eigenvalue weighted by Crippen LogP contribution is -2.43. The molecule has 4 heterocycles. The van der Waals surface area contributed by atoms with Crippen molar-refractivity contribution in [2.24, 2.45) is 0 Å². The lowest BCUT2D eigenvalue weighted by Gasteiger charge is -2.36. The van der Waals surface area contributed by atoms with Crippen LogP contribution in [0.1, 0.15) is 45.0 Å². The molecular weight excluding hydrogens is 496 g/mol. The molecule has 0 aromatic carbocycles. The topological polar surface area (TPSA) is 59.3 Å². The number of rotatable bonds is 8. The van der Waals surface area contributed by atoms with Gasteiger partial charge >= 0.3 is 0 Å². The van der Waals surface area contributed by atoms with E-state index < -0.39 is 8.32 Å². The van der Waals surface area contributed by atoms with E-state index in [4.69, 9.17) is 26.1 Å². The molecule has 0 spiro atoms. The third kappa shape index (κ3) is 6.14. The molecule has 1 fully saturated rings. The Morgan fingerprint density at radius 2 is 1.86 bits per heavy atom. The van der Waals surface area contributed by atoms with Crippen molar-refractivity contribution in [3.63, 3.8) is 0 Å². The maximum Gasteiger partial charge on any atom is 0.191 e. The number of hydrogen-bond acceptors (Lipinski definition) is 7. The fourth-order valence-corrected chi connectivity index (χ4v) is 6.21. The highest BCUT2D eigenvalue weighted by molar-refractivity contribution is 7.15. The maximum absolute atomic E-state index is 6.44. The number of halogens is 1. The molecule has 192 valence electrons. The van der Waals surface area contributed by atoms with Crippen molar-refractivity contribution in [1.29, 1.82) is 0 Å². The van der Waals surface area contributed by atoms with E-state index in [0.29, 0.717) is 5.15 Å². The Bertz CT molecular complexity index is 1150. The van der Waals surface area contributed by atoms with Crippen molar-refractivity contribution in [2.45, 2.75) is 64.8 Å². The van der Waals surface area contributed by atoms with Crippen LogP contribution in [0.3, 0.4) is 0 Å². The molecule has 0 N–H and O–H groups in total. The van der Waals surface area contributed by atoms with Gasteiger partial charge in [-0.3, -0.25) is 9.58 Å². The van der Waals surface area contributed by atoms with E-state index in [-0.39, 0.29) is 11.1 Å². The summed E-state index contributed by atoms with van der Waals surface area (Å²) in [5.41, 5.74) is 1.88. The molecule has 3 aromatic heterocycles. The molecular formula is C25H39ClN6OSSi. The highest BCUT2D eigenvalue weighted by atomic mass is 35.5. The van der Waals surface area contributed by atoms with Crippen LogP contribution in [-0.2, 0) is 11.0 Å². The van der Waals surface area contributed by atoms with Crippen LogP contribution in [0, 0.1) is 0 Å². The van der Waals surface area contributed by atoms with E-state index in [1.807, 2.05) is 18.5 Å². The van der Waals surface area contributed by atoms with E-state index >= 15 is 0 Å². The van der Waals surface area contributed by atoms with Crippen LogP contribution < -0.4 is 0 Å². The normalized spacial score (nSPS) is 17.4. The summed E-state index contributed by atoms with van der Waals surface area (Å²) in [5.74, 6) is 0. The molecule has 0 bridgehead atoms. The van der Waals surface area contributed by atoms with E-state index in [9.17, 15) is 0 Å². The van der Waals surface area contributed by atoms with Gasteiger partial charge in [-0.25, -0.2) is 9.97 Å². The predicted octanol–water partition coefficient (Wildman–Crippen LogP) is 5.93. The summed E-state index contributed by atoms with van der Waals surface area (Å²) in [6, 6.07) is 2.08. The number of pyridine rings is 1. The third-order valence-corrected chi connectivity index (χ3v) is 13.2. The van der Waals surface area contributed by atoms with Crippen molar-refractivity contribution in [3.8, 4) is 10.7 Å². The van der Waals surface area contributed by atoms with Crippen LogP contribution in [0.4, 0.5) is 0 Å². The predicted molar refractivity (Wildman–Crippen MR) is 149 cm³/mol. The Kier molecular flexibility index (Phi) is 8.05. The maximum atomic E-state index is 6.44. The average Bonchev–Trinajstić information content (AvgIpc) is 3.38. The second-order valence-electron chi connectivity index (χ2n) is 11.3. The number of aromatic nitrogens is 4. The highest BCUT2D eigenvalue weighted by Gasteiger charge is 2.37. The van der Waals surface area contributed by atoms with Crippen LogP contribution in [0.2, 0.25) is 23.3 Å². The van der Waals surface area contributed by atoms with E-state index in [0.717, 1.165) is 67.4 Å². The summed E-state index contributed by atoms with van der Waals surface area (Å²) < 4.78 is 8.52. The molecule has 0 amide bonds. The molecule has 3 aromatic rings. The van der Waals surface area contributed by atoms with E-state index in [2.05, 4.69) is 67.3 Å². The zero-order valence-electron chi connectivity index (χ0n) is 22.1. The Labute approximate surface area is 219 Å². The van der Waals surface area contributed by atoms with Crippen molar-refractivity contribution in [1.82, 2.24) is 29.5 Å². The molecule has 1 saturated heterocycles. The van der Waals surface area contributed by atoms with Gasteiger partial charge in [0.1, 0.15) is 15.9 Å². The molecule has 0 saturated carbocycles. The second-order valence-corrected chi connectivity index (χ2v) is 17.6. The first-order valence-corrected chi connectivity index (χ1v) is 16.6. The van der Waals surface area contributed by atoms with Gasteiger partial charge in [0.15, 0.2) is 8.32 Å². The molecule has 0 aliphatic carbocycles. The van der Waals surface area contributed by atoms with Gasteiger partial charge in [0.2, 0.25) is 0 Å². The Balaban J connectivity index is 1.53. The molecule has 1 aliphatic heterocycles. The number of thiazole rings is 1. The van der Waals surface area contributed by atoms with Crippen molar-refractivity contribution < 1.29 is 4.43 Å². The zero-order chi connectivity index (χ0) is 25.4. The summed E-state index contributed by atoms with van der Waals surface area (Å²) in [6.45, 7) is 19.7. The zero-order valence-corrected chi connectivity index (χ0v) is 24.7. The summed E-state index contributed by atoms with van der Waals surface area (Å²) in [7, 11) is 0.407. The molecule has 7 nitrogen and oxygen atoms in total. The fourth-order valence-electron chi connectivity index (χ4n) is 4.04. The lowest BCUT2D eigenvalue weighted by molar-refractivity contribution is 0.149. The first-order chi connectivity index (χ1) is 16.4. The van der Waals surface area contributed by atoms with Crippen LogP contribution in [0.25, 0.3) is 21.6 Å². The monoisotopic (exact) mass is 534 g/mol. The number of piperazine rings is 1. The Hall–Kier alpha value is -1.36. The van der Waals surface area contributed by atoms with Gasteiger partial charge in [-0.1, -0.05) is 32.4 Å². The molecule has 0 radical (unpaired) electrons. The van der Waals surface area contributed by atoms with Crippen LogP contribution >= 0.6 is 22.9 Å². The lowest BCUT2D eigenvalue weighted by atomic mass is 10.2. The third-order valence-electron chi connectivity index (χ3n) is 7.51. The minimum Gasteiger partial charge on any atom is -0.417 e. The Morgan fingerprint density at radius 3 is 2.54 bits per heavy atom. The van der Waals surface area contributed by atoms with Crippen LogP contribution in [0.5, 0.6) is 0 Å². The minimum atomic E-state index is -1.78. The van der Waals surface area contributed by atoms with Crippen LogP contribution in [-0.4, -0.2) is 77.7 Å². The van der Waals surface area contributed by atoms with Crippen molar-refractivity contribution in [2.75, 3.05) is 39.8 Å². The summed E-state index contributed by atoms with van der Waals surface area (Å²) in [4.78, 5) is 15.3. The van der Waals surface area contributed by atoms with Gasteiger partial charge in [0.25, 0.3) is 0 Å². The molecule has 4 rings (SSSR count). The molecule has 35 heavy (non-hydrogen) atoms. The SMILES string of the molecule is CC(CCO[Si](C)(C)C(C)(C)C)n1nc(-c2ncc(CN3CCN(C)CC3)s2)c2cnc(Cl)cc21. The molecule has 1 atom stereocenters. The van der Waals surface area contributed by atoms with Gasteiger partial charge in [-0.15, -0.1) is 11.3 Å². The van der Waals surface area contributed by atoms with Gasteiger partial charge in [-0.05, 0) is 38.5 Å².